The maximum atomic E-state index is 13.6. The van der Waals surface area contributed by atoms with Crippen LogP contribution in [0.5, 0.6) is 0 Å². The van der Waals surface area contributed by atoms with E-state index < -0.39 is 27.4 Å². The molecule has 0 saturated heterocycles. The Labute approximate surface area is 198 Å². The van der Waals surface area contributed by atoms with Crippen molar-refractivity contribution in [1.29, 1.82) is 0 Å². The third-order valence-electron chi connectivity index (χ3n) is 4.95. The maximum Gasteiger partial charge on any atom is 0.338 e. The molecule has 4 aromatic rings. The van der Waals surface area contributed by atoms with Crippen LogP contribution in [0.4, 0.5) is 0 Å². The van der Waals surface area contributed by atoms with Gasteiger partial charge in [0.1, 0.15) is 0 Å². The highest BCUT2D eigenvalue weighted by Crippen LogP contribution is 2.69. The van der Waals surface area contributed by atoms with Crippen molar-refractivity contribution in [3.8, 4) is 0 Å². The third-order valence-corrected chi connectivity index (χ3v) is 9.72. The molecule has 0 fully saturated rings. The lowest BCUT2D eigenvalue weighted by atomic mass is 10.2. The summed E-state index contributed by atoms with van der Waals surface area (Å²) in [6, 6.07) is 36.2. The summed E-state index contributed by atoms with van der Waals surface area (Å²) in [5, 5.41) is 0. The zero-order chi connectivity index (χ0) is 23.1. The molecule has 0 heterocycles. The molecule has 0 saturated carbocycles. The van der Waals surface area contributed by atoms with Gasteiger partial charge < -0.3 is 4.74 Å². The number of hydrogen-bond acceptors (Lipinski definition) is 4. The first-order chi connectivity index (χ1) is 16.1. The molecule has 0 aromatic heterocycles. The molecule has 33 heavy (non-hydrogen) atoms. The first-order valence-corrected chi connectivity index (χ1v) is 13.2. The highest BCUT2D eigenvalue weighted by atomic mass is 32.3. The number of benzene rings is 4. The number of rotatable bonds is 8. The lowest BCUT2D eigenvalue weighted by Crippen LogP contribution is -2.11. The highest BCUT2D eigenvalue weighted by molar-refractivity contribution is 8.32. The van der Waals surface area contributed by atoms with Crippen molar-refractivity contribution in [3.05, 3.63) is 121 Å². The normalized spacial score (nSPS) is 12.6. The van der Waals surface area contributed by atoms with E-state index in [1.807, 2.05) is 91.0 Å². The van der Waals surface area contributed by atoms with Crippen LogP contribution in [0.1, 0.15) is 17.3 Å². The molecule has 0 amide bonds. The second-order valence-corrected chi connectivity index (χ2v) is 11.1. The second-order valence-electron chi connectivity index (χ2n) is 7.04. The van der Waals surface area contributed by atoms with Crippen molar-refractivity contribution < 1.29 is 17.4 Å². The first kappa shape index (κ1) is 23.0. The predicted octanol–water partition coefficient (Wildman–Crippen LogP) is 6.80. The van der Waals surface area contributed by atoms with E-state index in [9.17, 15) is 9.00 Å². The van der Waals surface area contributed by atoms with Crippen LogP contribution in [0.2, 0.25) is 0 Å². The van der Waals surface area contributed by atoms with Crippen LogP contribution in [-0.4, -0.2) is 16.8 Å². The summed E-state index contributed by atoms with van der Waals surface area (Å²) in [6.45, 7) is 2.06. The molecule has 0 aliphatic heterocycles. The Bertz CT molecular complexity index is 1110. The summed E-state index contributed by atoms with van der Waals surface area (Å²) >= 11 is -1.79. The highest BCUT2D eigenvalue weighted by Gasteiger charge is 2.35. The fourth-order valence-electron chi connectivity index (χ4n) is 3.41. The van der Waals surface area contributed by atoms with Crippen LogP contribution < -0.4 is 0 Å². The van der Waals surface area contributed by atoms with Crippen molar-refractivity contribution in [1.82, 2.24) is 0 Å². The number of esters is 1. The molecule has 0 aliphatic carbocycles. The minimum atomic E-state index is -2.31. The molecule has 4 rings (SSSR count). The molecule has 4 aromatic carbocycles. The average Bonchev–Trinajstić information content (AvgIpc) is 2.89. The van der Waals surface area contributed by atoms with Crippen molar-refractivity contribution in [3.63, 3.8) is 0 Å². The Morgan fingerprint density at radius 1 is 0.697 bits per heavy atom. The van der Waals surface area contributed by atoms with E-state index >= 15 is 0 Å². The van der Waals surface area contributed by atoms with Gasteiger partial charge in [-0.05, 0) is 77.9 Å². The molecule has 1 atom stereocenters. The number of ether oxygens (including phenoxy) is 1. The van der Waals surface area contributed by atoms with Gasteiger partial charge in [-0.1, -0.05) is 54.6 Å². The minimum Gasteiger partial charge on any atom is -0.462 e. The van der Waals surface area contributed by atoms with Gasteiger partial charge in [0.2, 0.25) is 0 Å². The van der Waals surface area contributed by atoms with E-state index in [0.717, 1.165) is 14.7 Å². The minimum absolute atomic E-state index is 0.298. The summed E-state index contributed by atoms with van der Waals surface area (Å²) < 4.78 is 25.2. The second kappa shape index (κ2) is 10.6. The monoisotopic (exact) mass is 476 g/mol. The molecule has 168 valence electrons. The lowest BCUT2D eigenvalue weighted by molar-refractivity contribution is 0.0526. The Hall–Kier alpha value is -3.19. The van der Waals surface area contributed by atoms with Gasteiger partial charge in [-0.3, -0.25) is 0 Å². The quantitative estimate of drug-likeness (QED) is 0.263. The van der Waals surface area contributed by atoms with Crippen LogP contribution in [0, 0.1) is 0 Å². The Balaban J connectivity index is 1.80. The fourth-order valence-corrected chi connectivity index (χ4v) is 8.21. The molecule has 0 bridgehead atoms. The Morgan fingerprint density at radius 2 is 1.12 bits per heavy atom. The molecule has 6 heteroatoms. The van der Waals surface area contributed by atoms with Gasteiger partial charge in [0.05, 0.1) is 17.1 Å². The topological polar surface area (TPSA) is 52.6 Å². The molecule has 0 spiro atoms. The van der Waals surface area contributed by atoms with Gasteiger partial charge in [-0.15, -0.1) is 0 Å². The van der Waals surface area contributed by atoms with Crippen LogP contribution in [0.25, 0.3) is 0 Å². The maximum absolute atomic E-state index is 13.6. The van der Waals surface area contributed by atoms with E-state index in [4.69, 9.17) is 8.37 Å². The van der Waals surface area contributed by atoms with Gasteiger partial charge in [0.25, 0.3) is 0 Å². The summed E-state index contributed by atoms with van der Waals surface area (Å²) in [5.74, 6) is -0.409. The van der Waals surface area contributed by atoms with Crippen LogP contribution >= 0.6 is 10.3 Å². The largest absolute Gasteiger partial charge is 0.462 e. The first-order valence-electron chi connectivity index (χ1n) is 10.5. The number of carbonyl (C=O) groups is 1. The van der Waals surface area contributed by atoms with Gasteiger partial charge >= 0.3 is 5.97 Å². The Morgan fingerprint density at radius 3 is 1.52 bits per heavy atom. The third kappa shape index (κ3) is 4.93. The molecule has 0 N–H and O–H groups in total. The summed E-state index contributed by atoms with van der Waals surface area (Å²) in [4.78, 5) is 15.3. The van der Waals surface area contributed by atoms with Crippen molar-refractivity contribution in [2.24, 2.45) is 0 Å². The molecule has 4 nitrogen and oxygen atoms in total. The zero-order valence-electron chi connectivity index (χ0n) is 18.1. The van der Waals surface area contributed by atoms with E-state index in [2.05, 4.69) is 0 Å². The number of hydrogen-bond donors (Lipinski definition) is 0. The van der Waals surface area contributed by atoms with Gasteiger partial charge in [0, 0.05) is 14.7 Å². The molecule has 0 radical (unpaired) electrons. The van der Waals surface area contributed by atoms with Crippen molar-refractivity contribution >= 4 is 27.4 Å². The van der Waals surface area contributed by atoms with Gasteiger partial charge in [0.15, 0.2) is 11.1 Å². The molecule has 1 unspecified atom stereocenters. The summed E-state index contributed by atoms with van der Waals surface area (Å²) in [6.07, 6.45) is 0. The van der Waals surface area contributed by atoms with Crippen LogP contribution in [0.3, 0.4) is 0 Å². The molecule has 0 aliphatic rings. The van der Waals surface area contributed by atoms with Crippen molar-refractivity contribution in [2.45, 2.75) is 26.5 Å². The lowest BCUT2D eigenvalue weighted by Gasteiger charge is -2.39. The standard InChI is InChI=1S/C27H24O4S2/c1-2-30-27(28)22-18-20-23(21-19-22)32(29)31-33(24-12-6-3-7-13-24,25-14-8-4-9-15-25)26-16-10-5-11-17-26/h3-21H,2H2,1H3. The summed E-state index contributed by atoms with van der Waals surface area (Å²) in [7, 11) is -2.31. The van der Waals surface area contributed by atoms with E-state index in [-0.39, 0.29) is 0 Å². The average molecular weight is 477 g/mol. The van der Waals surface area contributed by atoms with Crippen molar-refractivity contribution in [2.75, 3.05) is 6.61 Å². The molecular weight excluding hydrogens is 452 g/mol. The number of carbonyl (C=O) groups excluding carboxylic acids is 1. The zero-order valence-corrected chi connectivity index (χ0v) is 19.8. The Kier molecular flexibility index (Phi) is 7.40. The van der Waals surface area contributed by atoms with Gasteiger partial charge in [-0.25, -0.2) is 12.6 Å². The molecular formula is C27H24O4S2. The fraction of sp³-hybridized carbons (Fsp3) is 0.0741. The van der Waals surface area contributed by atoms with Crippen LogP contribution in [0.15, 0.2) is 135 Å². The summed E-state index contributed by atoms with van der Waals surface area (Å²) in [5.41, 5.74) is 0.408. The smallest absolute Gasteiger partial charge is 0.338 e. The van der Waals surface area contributed by atoms with E-state index in [1.54, 1.807) is 31.2 Å². The van der Waals surface area contributed by atoms with E-state index in [0.29, 0.717) is 17.1 Å². The SMILES string of the molecule is CCOC(=O)c1ccc(S(=O)OS(c2ccccc2)(c2ccccc2)c2ccccc2)cc1. The van der Waals surface area contributed by atoms with E-state index in [1.165, 1.54) is 0 Å². The predicted molar refractivity (Wildman–Crippen MR) is 132 cm³/mol. The van der Waals surface area contributed by atoms with Crippen LogP contribution in [-0.2, 0) is 19.4 Å². The van der Waals surface area contributed by atoms with Gasteiger partial charge in [-0.2, -0.15) is 0 Å².